The summed E-state index contributed by atoms with van der Waals surface area (Å²) in [4.78, 5) is 45.6. The van der Waals surface area contributed by atoms with Crippen LogP contribution in [0.2, 0.25) is 0 Å². The highest BCUT2D eigenvalue weighted by Gasteiger charge is 2.59. The molecule has 1 aromatic rings. The third-order valence-electron chi connectivity index (χ3n) is 6.59. The summed E-state index contributed by atoms with van der Waals surface area (Å²) in [6.45, 7) is 2.20. The van der Waals surface area contributed by atoms with Gasteiger partial charge < -0.3 is 10.2 Å². The van der Waals surface area contributed by atoms with Gasteiger partial charge in [-0.2, -0.15) is 0 Å². The second-order valence-electron chi connectivity index (χ2n) is 8.26. The number of anilines is 1. The second kappa shape index (κ2) is 6.72. The monoisotopic (exact) mass is 380 g/mol. The normalized spacial score (nSPS) is 30.4. The van der Waals surface area contributed by atoms with Crippen molar-refractivity contribution in [3.05, 3.63) is 36.0 Å². The standard InChI is InChI=1S/C21H24N4O3/c26-17(23-11-13-5-6-22-16(9-13)24-7-1-2-8-24)12-25-20(27)18-14-3-4-15(10-14)19(18)21(25)28/h3-6,9,14-15,18-19H,1-2,7-8,10-12H2,(H,23,26). The lowest BCUT2D eigenvalue weighted by atomic mass is 9.85. The van der Waals surface area contributed by atoms with Gasteiger partial charge in [-0.25, -0.2) is 4.98 Å². The molecule has 0 spiro atoms. The van der Waals surface area contributed by atoms with Gasteiger partial charge in [-0.1, -0.05) is 12.2 Å². The van der Waals surface area contributed by atoms with E-state index in [-0.39, 0.29) is 47.9 Å². The van der Waals surface area contributed by atoms with Crippen LogP contribution in [0.3, 0.4) is 0 Å². The van der Waals surface area contributed by atoms with Crippen molar-refractivity contribution in [1.82, 2.24) is 15.2 Å². The van der Waals surface area contributed by atoms with Gasteiger partial charge in [0.25, 0.3) is 0 Å². The molecule has 2 aliphatic heterocycles. The highest BCUT2D eigenvalue weighted by Crippen LogP contribution is 2.52. The number of aromatic nitrogens is 1. The smallest absolute Gasteiger partial charge is 0.240 e. The molecule has 2 saturated heterocycles. The number of rotatable bonds is 5. The number of carbonyl (C=O) groups is 3. The van der Waals surface area contributed by atoms with Gasteiger partial charge in [-0.15, -0.1) is 0 Å². The van der Waals surface area contributed by atoms with Gasteiger partial charge in [0.15, 0.2) is 0 Å². The van der Waals surface area contributed by atoms with Gasteiger partial charge >= 0.3 is 0 Å². The van der Waals surface area contributed by atoms with Gasteiger partial charge in [-0.3, -0.25) is 19.3 Å². The lowest BCUT2D eigenvalue weighted by molar-refractivity contribution is -0.144. The number of amides is 3. The van der Waals surface area contributed by atoms with E-state index in [1.54, 1.807) is 6.20 Å². The van der Waals surface area contributed by atoms with Crippen LogP contribution in [-0.2, 0) is 20.9 Å². The molecule has 2 bridgehead atoms. The maximum atomic E-state index is 12.7. The van der Waals surface area contributed by atoms with Gasteiger partial charge in [0.2, 0.25) is 17.7 Å². The van der Waals surface area contributed by atoms with Crippen LogP contribution in [0.15, 0.2) is 30.5 Å². The first-order valence-corrected chi connectivity index (χ1v) is 10.1. The molecule has 4 atom stereocenters. The number of hydrogen-bond acceptors (Lipinski definition) is 5. The third kappa shape index (κ3) is 2.80. The van der Waals surface area contributed by atoms with Crippen molar-refractivity contribution >= 4 is 23.5 Å². The van der Waals surface area contributed by atoms with Crippen molar-refractivity contribution in [1.29, 1.82) is 0 Å². The van der Waals surface area contributed by atoms with E-state index < -0.39 is 0 Å². The first-order valence-electron chi connectivity index (χ1n) is 10.1. The SMILES string of the molecule is O=C(CN1C(=O)C2C3C=CC(C3)C2C1=O)NCc1ccnc(N2CCCC2)c1. The van der Waals surface area contributed by atoms with Crippen LogP contribution < -0.4 is 10.2 Å². The Bertz CT molecular complexity index is 831. The molecule has 0 radical (unpaired) electrons. The van der Waals surface area contributed by atoms with Gasteiger partial charge in [0, 0.05) is 25.8 Å². The molecule has 7 heteroatoms. The predicted octanol–water partition coefficient (Wildman–Crippen LogP) is 1.11. The lowest BCUT2D eigenvalue weighted by Crippen LogP contribution is -2.41. The summed E-state index contributed by atoms with van der Waals surface area (Å²) in [5, 5.41) is 2.84. The zero-order valence-electron chi connectivity index (χ0n) is 15.7. The van der Waals surface area contributed by atoms with E-state index in [9.17, 15) is 14.4 Å². The Morgan fingerprint density at radius 1 is 1.11 bits per heavy atom. The Balaban J connectivity index is 1.19. The molecule has 3 heterocycles. The van der Waals surface area contributed by atoms with Crippen molar-refractivity contribution in [3.8, 4) is 0 Å². The van der Waals surface area contributed by atoms with E-state index in [4.69, 9.17) is 0 Å². The molecule has 5 rings (SSSR count). The Hall–Kier alpha value is -2.70. The Kier molecular flexibility index (Phi) is 4.18. The van der Waals surface area contributed by atoms with Crippen LogP contribution in [0.25, 0.3) is 0 Å². The summed E-state index contributed by atoms with van der Waals surface area (Å²) in [6, 6.07) is 3.87. The zero-order valence-corrected chi connectivity index (χ0v) is 15.7. The van der Waals surface area contributed by atoms with E-state index in [0.29, 0.717) is 6.54 Å². The van der Waals surface area contributed by atoms with E-state index >= 15 is 0 Å². The number of carbonyl (C=O) groups excluding carboxylic acids is 3. The number of likely N-dealkylation sites (tertiary alicyclic amines) is 1. The van der Waals surface area contributed by atoms with E-state index in [1.807, 2.05) is 12.1 Å². The van der Waals surface area contributed by atoms with Gasteiger partial charge in [0.1, 0.15) is 12.4 Å². The number of hydrogen-bond donors (Lipinski definition) is 1. The minimum atomic E-state index is -0.304. The highest BCUT2D eigenvalue weighted by atomic mass is 16.2. The predicted molar refractivity (Wildman–Crippen MR) is 102 cm³/mol. The molecule has 146 valence electrons. The van der Waals surface area contributed by atoms with Crippen LogP contribution in [-0.4, -0.2) is 47.2 Å². The van der Waals surface area contributed by atoms with Crippen molar-refractivity contribution in [2.75, 3.05) is 24.5 Å². The first kappa shape index (κ1) is 17.4. The lowest BCUT2D eigenvalue weighted by Gasteiger charge is -2.18. The summed E-state index contributed by atoms with van der Waals surface area (Å²) in [7, 11) is 0. The van der Waals surface area contributed by atoms with Gasteiger partial charge in [-0.05, 0) is 48.8 Å². The molecule has 4 unspecified atom stereocenters. The molecule has 2 aliphatic carbocycles. The number of fused-ring (bicyclic) bond motifs is 5. The quantitative estimate of drug-likeness (QED) is 0.611. The number of imide groups is 1. The van der Waals surface area contributed by atoms with Crippen LogP contribution in [0.1, 0.15) is 24.8 Å². The maximum absolute atomic E-state index is 12.7. The minimum absolute atomic E-state index is 0.167. The van der Waals surface area contributed by atoms with E-state index in [2.05, 4.69) is 27.4 Å². The second-order valence-corrected chi connectivity index (χ2v) is 8.26. The van der Waals surface area contributed by atoms with E-state index in [0.717, 1.165) is 30.9 Å². The topological polar surface area (TPSA) is 82.6 Å². The summed E-state index contributed by atoms with van der Waals surface area (Å²) >= 11 is 0. The van der Waals surface area contributed by atoms with Crippen molar-refractivity contribution in [2.24, 2.45) is 23.7 Å². The molecule has 3 amide bonds. The summed E-state index contributed by atoms with van der Waals surface area (Å²) in [5.74, 6) is 0.105. The molecule has 28 heavy (non-hydrogen) atoms. The molecule has 4 aliphatic rings. The minimum Gasteiger partial charge on any atom is -0.357 e. The molecular formula is C21H24N4O3. The molecule has 1 N–H and O–H groups in total. The molecular weight excluding hydrogens is 356 g/mol. The Morgan fingerprint density at radius 2 is 1.79 bits per heavy atom. The van der Waals surface area contributed by atoms with Crippen LogP contribution in [0, 0.1) is 23.7 Å². The fraction of sp³-hybridized carbons (Fsp3) is 0.524. The van der Waals surface area contributed by atoms with Crippen LogP contribution in [0.5, 0.6) is 0 Å². The number of nitrogens with one attached hydrogen (secondary N) is 1. The number of nitrogens with zero attached hydrogens (tertiary/aromatic N) is 3. The summed E-state index contributed by atoms with van der Waals surface area (Å²) in [5.41, 5.74) is 0.962. The van der Waals surface area contributed by atoms with Crippen molar-refractivity contribution in [2.45, 2.75) is 25.8 Å². The molecule has 3 fully saturated rings. The summed E-state index contributed by atoms with van der Waals surface area (Å²) in [6.07, 6.45) is 9.13. The van der Waals surface area contributed by atoms with Crippen LogP contribution >= 0.6 is 0 Å². The molecule has 7 nitrogen and oxygen atoms in total. The van der Waals surface area contributed by atoms with Crippen LogP contribution in [0.4, 0.5) is 5.82 Å². The average Bonchev–Trinajstić information content (AvgIpc) is 3.48. The number of pyridine rings is 1. The Labute approximate surface area is 163 Å². The van der Waals surface area contributed by atoms with Crippen molar-refractivity contribution in [3.63, 3.8) is 0 Å². The third-order valence-corrected chi connectivity index (χ3v) is 6.59. The summed E-state index contributed by atoms with van der Waals surface area (Å²) < 4.78 is 0. The molecule has 1 saturated carbocycles. The largest absolute Gasteiger partial charge is 0.357 e. The van der Waals surface area contributed by atoms with Crippen molar-refractivity contribution < 1.29 is 14.4 Å². The zero-order chi connectivity index (χ0) is 19.3. The fourth-order valence-electron chi connectivity index (χ4n) is 5.21. The Morgan fingerprint density at radius 3 is 2.46 bits per heavy atom. The average molecular weight is 380 g/mol. The number of allylic oxidation sites excluding steroid dienone is 2. The van der Waals surface area contributed by atoms with E-state index in [1.165, 1.54) is 17.7 Å². The van der Waals surface area contributed by atoms with Gasteiger partial charge in [0.05, 0.1) is 11.8 Å². The first-order chi connectivity index (χ1) is 13.6. The molecule has 1 aromatic heterocycles. The molecule has 0 aromatic carbocycles. The maximum Gasteiger partial charge on any atom is 0.240 e. The fourth-order valence-corrected chi connectivity index (χ4v) is 5.21. The highest BCUT2D eigenvalue weighted by molar-refractivity contribution is 6.08.